The molecule has 8 heteroatoms. The van der Waals surface area contributed by atoms with Gasteiger partial charge in [-0.2, -0.15) is 0 Å². The van der Waals surface area contributed by atoms with Crippen molar-refractivity contribution in [2.24, 2.45) is 0 Å². The van der Waals surface area contributed by atoms with Crippen LogP contribution < -0.4 is 0 Å². The summed E-state index contributed by atoms with van der Waals surface area (Å²) in [4.78, 5) is 0. The van der Waals surface area contributed by atoms with E-state index in [4.69, 9.17) is 0 Å². The summed E-state index contributed by atoms with van der Waals surface area (Å²) >= 11 is 0. The Labute approximate surface area is 102 Å². The third-order valence-electron chi connectivity index (χ3n) is 1.53. The smallest absolute Gasteiger partial charge is 0.292 e. The molecule has 0 aliphatic rings. The SMILES string of the molecule is CCCCOC(F)(F)F.CCCCOC(F)(F)F. The number of halogens is 6. The summed E-state index contributed by atoms with van der Waals surface area (Å²) in [5.74, 6) is 0. The number of alkyl halides is 6. The minimum atomic E-state index is -4.45. The van der Waals surface area contributed by atoms with Crippen LogP contribution in [0, 0.1) is 0 Å². The van der Waals surface area contributed by atoms with E-state index in [-0.39, 0.29) is 13.2 Å². The van der Waals surface area contributed by atoms with E-state index in [9.17, 15) is 26.3 Å². The van der Waals surface area contributed by atoms with Crippen LogP contribution in [-0.4, -0.2) is 25.9 Å². The first kappa shape index (κ1) is 19.8. The monoisotopic (exact) mass is 284 g/mol. The predicted octanol–water partition coefficient (Wildman–Crippen LogP) is 4.65. The van der Waals surface area contributed by atoms with E-state index < -0.39 is 12.7 Å². The molecule has 0 bridgehead atoms. The van der Waals surface area contributed by atoms with E-state index in [0.29, 0.717) is 12.8 Å². The van der Waals surface area contributed by atoms with Crippen molar-refractivity contribution >= 4 is 0 Å². The summed E-state index contributed by atoms with van der Waals surface area (Å²) in [7, 11) is 0. The molecule has 0 rings (SSSR count). The Morgan fingerprint density at radius 3 is 1.11 bits per heavy atom. The molecule has 0 aliphatic carbocycles. The molecule has 0 saturated carbocycles. The second-order valence-corrected chi connectivity index (χ2v) is 3.30. The fourth-order valence-electron chi connectivity index (χ4n) is 0.664. The summed E-state index contributed by atoms with van der Waals surface area (Å²) in [6.07, 6.45) is -6.55. The van der Waals surface area contributed by atoms with Crippen LogP contribution in [0.4, 0.5) is 26.3 Å². The maximum atomic E-state index is 11.2. The lowest BCUT2D eigenvalue weighted by Gasteiger charge is -2.04. The molecule has 0 aliphatic heterocycles. The van der Waals surface area contributed by atoms with Gasteiger partial charge in [-0.15, -0.1) is 26.3 Å². The van der Waals surface area contributed by atoms with E-state index in [0.717, 1.165) is 12.8 Å². The molecule has 0 fully saturated rings. The van der Waals surface area contributed by atoms with Crippen LogP contribution in [0.1, 0.15) is 39.5 Å². The highest BCUT2D eigenvalue weighted by molar-refractivity contribution is 4.33. The third kappa shape index (κ3) is 24.6. The lowest BCUT2D eigenvalue weighted by Crippen LogP contribution is -2.13. The standard InChI is InChI=1S/2C5H9F3O/c2*1-2-3-4-9-5(6,7)8/h2*2-4H2,1H3. The summed E-state index contributed by atoms with van der Waals surface area (Å²) in [6.45, 7) is 3.17. The summed E-state index contributed by atoms with van der Waals surface area (Å²) in [5, 5.41) is 0. The zero-order chi connectivity index (χ0) is 14.7. The normalized spacial score (nSPS) is 12.0. The van der Waals surface area contributed by atoms with Gasteiger partial charge >= 0.3 is 12.7 Å². The molecule has 18 heavy (non-hydrogen) atoms. The second kappa shape index (κ2) is 10.4. The maximum absolute atomic E-state index is 11.2. The van der Waals surface area contributed by atoms with Gasteiger partial charge in [0, 0.05) is 0 Å². The Kier molecular flexibility index (Phi) is 11.5. The first-order chi connectivity index (χ1) is 8.12. The molecular formula is C10H18F6O2. The predicted molar refractivity (Wildman–Crippen MR) is 53.8 cm³/mol. The van der Waals surface area contributed by atoms with Crippen molar-refractivity contribution in [3.8, 4) is 0 Å². The van der Waals surface area contributed by atoms with Gasteiger partial charge in [-0.25, -0.2) is 0 Å². The topological polar surface area (TPSA) is 18.5 Å². The average Bonchev–Trinajstić information content (AvgIpc) is 2.16. The number of rotatable bonds is 6. The lowest BCUT2D eigenvalue weighted by atomic mass is 10.4. The molecule has 0 aromatic heterocycles. The van der Waals surface area contributed by atoms with Crippen molar-refractivity contribution < 1.29 is 35.8 Å². The number of unbranched alkanes of at least 4 members (excludes halogenated alkanes) is 2. The first-order valence-electron chi connectivity index (χ1n) is 5.53. The van der Waals surface area contributed by atoms with Crippen molar-refractivity contribution in [2.75, 3.05) is 13.2 Å². The Hall–Kier alpha value is -0.500. The summed E-state index contributed by atoms with van der Waals surface area (Å²) < 4.78 is 73.9. The summed E-state index contributed by atoms with van der Waals surface area (Å²) in [6, 6.07) is 0. The van der Waals surface area contributed by atoms with E-state index in [1.807, 2.05) is 0 Å². The molecule has 0 saturated heterocycles. The number of hydrogen-bond acceptors (Lipinski definition) is 2. The molecule has 0 heterocycles. The number of hydrogen-bond donors (Lipinski definition) is 0. The Morgan fingerprint density at radius 1 is 0.667 bits per heavy atom. The van der Waals surface area contributed by atoms with Crippen LogP contribution in [-0.2, 0) is 9.47 Å². The van der Waals surface area contributed by atoms with E-state index in [1.54, 1.807) is 13.8 Å². The van der Waals surface area contributed by atoms with Crippen LogP contribution in [0.5, 0.6) is 0 Å². The highest BCUT2D eigenvalue weighted by Crippen LogP contribution is 2.16. The quantitative estimate of drug-likeness (QED) is 0.522. The zero-order valence-electron chi connectivity index (χ0n) is 10.3. The molecule has 0 atom stereocenters. The molecular weight excluding hydrogens is 266 g/mol. The van der Waals surface area contributed by atoms with Crippen molar-refractivity contribution in [3.05, 3.63) is 0 Å². The minimum absolute atomic E-state index is 0.222. The third-order valence-corrected chi connectivity index (χ3v) is 1.53. The minimum Gasteiger partial charge on any atom is -0.292 e. The van der Waals surface area contributed by atoms with Crippen molar-refractivity contribution in [2.45, 2.75) is 52.3 Å². The van der Waals surface area contributed by atoms with Gasteiger partial charge in [-0.3, -0.25) is 9.47 Å². The molecule has 0 N–H and O–H groups in total. The zero-order valence-corrected chi connectivity index (χ0v) is 10.3. The van der Waals surface area contributed by atoms with Crippen LogP contribution in [0.3, 0.4) is 0 Å². The molecule has 0 radical (unpaired) electrons. The van der Waals surface area contributed by atoms with E-state index in [2.05, 4.69) is 9.47 Å². The van der Waals surface area contributed by atoms with Gasteiger partial charge in [0.15, 0.2) is 0 Å². The fraction of sp³-hybridized carbons (Fsp3) is 1.00. The van der Waals surface area contributed by atoms with Crippen LogP contribution in [0.15, 0.2) is 0 Å². The average molecular weight is 284 g/mol. The highest BCUT2D eigenvalue weighted by atomic mass is 19.4. The lowest BCUT2D eigenvalue weighted by molar-refractivity contribution is -0.325. The largest absolute Gasteiger partial charge is 0.522 e. The maximum Gasteiger partial charge on any atom is 0.522 e. The van der Waals surface area contributed by atoms with Gasteiger partial charge in [0.2, 0.25) is 0 Å². The first-order valence-corrected chi connectivity index (χ1v) is 5.53. The van der Waals surface area contributed by atoms with Crippen LogP contribution >= 0.6 is 0 Å². The van der Waals surface area contributed by atoms with E-state index in [1.165, 1.54) is 0 Å². The van der Waals surface area contributed by atoms with Gasteiger partial charge < -0.3 is 0 Å². The molecule has 0 unspecified atom stereocenters. The molecule has 0 aromatic carbocycles. The van der Waals surface area contributed by atoms with E-state index >= 15 is 0 Å². The fourth-order valence-corrected chi connectivity index (χ4v) is 0.664. The van der Waals surface area contributed by atoms with Crippen LogP contribution in [0.2, 0.25) is 0 Å². The van der Waals surface area contributed by atoms with Gasteiger partial charge in [-0.05, 0) is 12.8 Å². The molecule has 0 aromatic rings. The van der Waals surface area contributed by atoms with Gasteiger partial charge in [0.1, 0.15) is 0 Å². The van der Waals surface area contributed by atoms with Crippen LogP contribution in [0.25, 0.3) is 0 Å². The molecule has 0 spiro atoms. The van der Waals surface area contributed by atoms with Gasteiger partial charge in [-0.1, -0.05) is 26.7 Å². The Morgan fingerprint density at radius 2 is 0.944 bits per heavy atom. The Bertz CT molecular complexity index is 158. The van der Waals surface area contributed by atoms with Crippen molar-refractivity contribution in [3.63, 3.8) is 0 Å². The second-order valence-electron chi connectivity index (χ2n) is 3.30. The highest BCUT2D eigenvalue weighted by Gasteiger charge is 2.28. The van der Waals surface area contributed by atoms with Crippen molar-refractivity contribution in [1.29, 1.82) is 0 Å². The number of ether oxygens (including phenoxy) is 2. The molecule has 112 valence electrons. The van der Waals surface area contributed by atoms with Gasteiger partial charge in [0.25, 0.3) is 0 Å². The molecule has 2 nitrogen and oxygen atoms in total. The summed E-state index contributed by atoms with van der Waals surface area (Å²) in [5.41, 5.74) is 0. The van der Waals surface area contributed by atoms with Gasteiger partial charge in [0.05, 0.1) is 13.2 Å². The molecule has 0 amide bonds. The Balaban J connectivity index is 0. The van der Waals surface area contributed by atoms with Crippen molar-refractivity contribution in [1.82, 2.24) is 0 Å².